The van der Waals surface area contributed by atoms with E-state index in [1.165, 1.54) is 0 Å². The molecule has 0 bridgehead atoms. The Morgan fingerprint density at radius 2 is 1.64 bits per heavy atom. The van der Waals surface area contributed by atoms with E-state index >= 15 is 0 Å². The molecule has 22 heavy (non-hydrogen) atoms. The van der Waals surface area contributed by atoms with E-state index in [2.05, 4.69) is 5.32 Å². The molecular formula is C16H16ClNO4. The molecule has 1 amide bonds. The topological polar surface area (TPSA) is 56.8 Å². The molecule has 5 nitrogen and oxygen atoms in total. The summed E-state index contributed by atoms with van der Waals surface area (Å²) in [5.41, 5.74) is 0.543. The van der Waals surface area contributed by atoms with Gasteiger partial charge in [0.15, 0.2) is 6.61 Å². The quantitative estimate of drug-likeness (QED) is 0.886. The number of methoxy groups -OCH3 is 2. The average molecular weight is 322 g/mol. The van der Waals surface area contributed by atoms with Crippen LogP contribution < -0.4 is 19.5 Å². The van der Waals surface area contributed by atoms with Crippen molar-refractivity contribution >= 4 is 23.2 Å². The first kappa shape index (κ1) is 16.0. The lowest BCUT2D eigenvalue weighted by molar-refractivity contribution is -0.118. The minimum atomic E-state index is -0.310. The van der Waals surface area contributed by atoms with Crippen LogP contribution in [0.15, 0.2) is 42.5 Å². The van der Waals surface area contributed by atoms with Gasteiger partial charge in [0.05, 0.1) is 24.9 Å². The number of nitrogens with one attached hydrogen (secondary N) is 1. The molecule has 0 aliphatic carbocycles. The van der Waals surface area contributed by atoms with Gasteiger partial charge in [0.1, 0.15) is 17.2 Å². The molecule has 1 N–H and O–H groups in total. The van der Waals surface area contributed by atoms with Gasteiger partial charge < -0.3 is 19.5 Å². The van der Waals surface area contributed by atoms with Crippen LogP contribution in [0.2, 0.25) is 5.02 Å². The number of ether oxygens (including phenoxy) is 3. The first-order valence-corrected chi connectivity index (χ1v) is 6.90. The fourth-order valence-electron chi connectivity index (χ4n) is 1.76. The monoisotopic (exact) mass is 321 g/mol. The van der Waals surface area contributed by atoms with Gasteiger partial charge in [-0.05, 0) is 12.1 Å². The molecule has 0 unspecified atom stereocenters. The van der Waals surface area contributed by atoms with Crippen LogP contribution in [-0.4, -0.2) is 26.7 Å². The van der Waals surface area contributed by atoms with Crippen molar-refractivity contribution in [2.75, 3.05) is 26.1 Å². The number of anilines is 1. The van der Waals surface area contributed by atoms with E-state index in [4.69, 9.17) is 25.8 Å². The fourth-order valence-corrected chi connectivity index (χ4v) is 1.95. The normalized spacial score (nSPS) is 9.95. The second-order valence-electron chi connectivity index (χ2n) is 4.37. The lowest BCUT2D eigenvalue weighted by atomic mass is 10.3. The molecule has 0 heterocycles. The van der Waals surface area contributed by atoms with Gasteiger partial charge in [0.2, 0.25) is 0 Å². The number of halogens is 1. The van der Waals surface area contributed by atoms with E-state index in [1.807, 2.05) is 0 Å². The Hall–Kier alpha value is -2.40. The molecule has 0 saturated heterocycles. The van der Waals surface area contributed by atoms with Crippen LogP contribution in [-0.2, 0) is 4.79 Å². The number of carbonyl (C=O) groups excluding carboxylic acids is 1. The smallest absolute Gasteiger partial charge is 0.262 e. The predicted octanol–water partition coefficient (Wildman–Crippen LogP) is 3.37. The van der Waals surface area contributed by atoms with Gasteiger partial charge in [0, 0.05) is 18.2 Å². The summed E-state index contributed by atoms with van der Waals surface area (Å²) in [7, 11) is 3.09. The molecule has 0 saturated carbocycles. The van der Waals surface area contributed by atoms with Gasteiger partial charge in [-0.15, -0.1) is 0 Å². The lowest BCUT2D eigenvalue weighted by Crippen LogP contribution is -2.20. The summed E-state index contributed by atoms with van der Waals surface area (Å²) in [6.45, 7) is -0.151. The van der Waals surface area contributed by atoms with E-state index in [1.54, 1.807) is 56.7 Å². The molecule has 0 aromatic heterocycles. The second-order valence-corrected chi connectivity index (χ2v) is 4.77. The Balaban J connectivity index is 1.98. The zero-order valence-electron chi connectivity index (χ0n) is 12.3. The van der Waals surface area contributed by atoms with Crippen LogP contribution >= 0.6 is 11.6 Å². The van der Waals surface area contributed by atoms with Crippen molar-refractivity contribution in [1.82, 2.24) is 0 Å². The zero-order valence-corrected chi connectivity index (χ0v) is 13.0. The summed E-state index contributed by atoms with van der Waals surface area (Å²) in [5.74, 6) is 1.34. The summed E-state index contributed by atoms with van der Waals surface area (Å²) in [4.78, 5) is 11.9. The van der Waals surface area contributed by atoms with Crippen LogP contribution in [0.25, 0.3) is 0 Å². The molecule has 0 atom stereocenters. The van der Waals surface area contributed by atoms with Gasteiger partial charge in [-0.25, -0.2) is 0 Å². The molecule has 6 heteroatoms. The molecule has 0 fully saturated rings. The van der Waals surface area contributed by atoms with Crippen molar-refractivity contribution in [2.45, 2.75) is 0 Å². The van der Waals surface area contributed by atoms with Crippen molar-refractivity contribution in [3.8, 4) is 17.2 Å². The summed E-state index contributed by atoms with van der Waals surface area (Å²) >= 11 is 5.98. The Kier molecular flexibility index (Phi) is 5.49. The number of hydrogen-bond acceptors (Lipinski definition) is 4. The van der Waals surface area contributed by atoms with Crippen molar-refractivity contribution < 1.29 is 19.0 Å². The number of benzene rings is 2. The van der Waals surface area contributed by atoms with Crippen LogP contribution in [0.1, 0.15) is 0 Å². The predicted molar refractivity (Wildman–Crippen MR) is 85.1 cm³/mol. The number of amides is 1. The van der Waals surface area contributed by atoms with Crippen molar-refractivity contribution in [1.29, 1.82) is 0 Å². The van der Waals surface area contributed by atoms with E-state index in [0.717, 1.165) is 0 Å². The van der Waals surface area contributed by atoms with E-state index < -0.39 is 0 Å². The number of rotatable bonds is 6. The first-order valence-electron chi connectivity index (χ1n) is 6.52. The zero-order chi connectivity index (χ0) is 15.9. The third-order valence-electron chi connectivity index (χ3n) is 2.84. The Morgan fingerprint density at radius 1 is 1.05 bits per heavy atom. The third kappa shape index (κ3) is 4.30. The van der Waals surface area contributed by atoms with E-state index in [0.29, 0.717) is 28.0 Å². The van der Waals surface area contributed by atoms with Gasteiger partial charge in [-0.2, -0.15) is 0 Å². The second kappa shape index (κ2) is 7.56. The first-order chi connectivity index (χ1) is 10.6. The average Bonchev–Trinajstić information content (AvgIpc) is 2.54. The molecule has 0 aliphatic rings. The SMILES string of the molecule is COc1cc(OC)cc(OCC(=O)Nc2ccccc2Cl)c1. The molecule has 116 valence electrons. The minimum absolute atomic E-state index is 0.151. The Labute approximate surface area is 133 Å². The summed E-state index contributed by atoms with van der Waals surface area (Å²) in [6.07, 6.45) is 0. The van der Waals surface area contributed by atoms with Gasteiger partial charge >= 0.3 is 0 Å². The number of para-hydroxylation sites is 1. The molecular weight excluding hydrogens is 306 g/mol. The largest absolute Gasteiger partial charge is 0.496 e. The standard InChI is InChI=1S/C16H16ClNO4/c1-20-11-7-12(21-2)9-13(8-11)22-10-16(19)18-15-6-4-3-5-14(15)17/h3-9H,10H2,1-2H3,(H,18,19). The molecule has 0 radical (unpaired) electrons. The molecule has 0 spiro atoms. The summed E-state index contributed by atoms with van der Waals surface area (Å²) < 4.78 is 15.7. The maximum atomic E-state index is 11.9. The van der Waals surface area contributed by atoms with Gasteiger partial charge in [-0.3, -0.25) is 4.79 Å². The van der Waals surface area contributed by atoms with E-state index in [9.17, 15) is 4.79 Å². The molecule has 2 aromatic carbocycles. The highest BCUT2D eigenvalue weighted by Crippen LogP contribution is 2.27. The maximum absolute atomic E-state index is 11.9. The van der Waals surface area contributed by atoms with Crippen LogP contribution in [0.4, 0.5) is 5.69 Å². The maximum Gasteiger partial charge on any atom is 0.262 e. The van der Waals surface area contributed by atoms with E-state index in [-0.39, 0.29) is 12.5 Å². The molecule has 0 aliphatic heterocycles. The Morgan fingerprint density at radius 3 is 2.23 bits per heavy atom. The van der Waals surface area contributed by atoms with Crippen molar-refractivity contribution in [3.63, 3.8) is 0 Å². The highest BCUT2D eigenvalue weighted by Gasteiger charge is 2.08. The lowest BCUT2D eigenvalue weighted by Gasteiger charge is -2.11. The third-order valence-corrected chi connectivity index (χ3v) is 3.17. The van der Waals surface area contributed by atoms with Crippen LogP contribution in [0, 0.1) is 0 Å². The van der Waals surface area contributed by atoms with Gasteiger partial charge in [0.25, 0.3) is 5.91 Å². The summed E-state index contributed by atoms with van der Waals surface area (Å²) in [5, 5.41) is 3.15. The Bertz CT molecular complexity index is 638. The highest BCUT2D eigenvalue weighted by molar-refractivity contribution is 6.33. The fraction of sp³-hybridized carbons (Fsp3) is 0.188. The summed E-state index contributed by atoms with van der Waals surface area (Å²) in [6, 6.07) is 12.1. The van der Waals surface area contributed by atoms with Gasteiger partial charge in [-0.1, -0.05) is 23.7 Å². The number of hydrogen-bond donors (Lipinski definition) is 1. The van der Waals surface area contributed by atoms with Crippen LogP contribution in [0.5, 0.6) is 17.2 Å². The van der Waals surface area contributed by atoms with Crippen molar-refractivity contribution in [2.24, 2.45) is 0 Å². The number of carbonyl (C=O) groups is 1. The highest BCUT2D eigenvalue weighted by atomic mass is 35.5. The molecule has 2 rings (SSSR count). The van der Waals surface area contributed by atoms with Crippen LogP contribution in [0.3, 0.4) is 0 Å². The van der Waals surface area contributed by atoms with Crippen molar-refractivity contribution in [3.05, 3.63) is 47.5 Å². The minimum Gasteiger partial charge on any atom is -0.496 e. The molecule has 2 aromatic rings.